The molecule has 16 unspecified atom stereocenters. The molecule has 0 bridgehead atoms. The van der Waals surface area contributed by atoms with Gasteiger partial charge in [0.25, 0.3) is 0 Å². The van der Waals surface area contributed by atoms with Crippen molar-refractivity contribution >= 4 is 0 Å². The maximum atomic E-state index is 11.2. The summed E-state index contributed by atoms with van der Waals surface area (Å²) in [5, 5.41) is 11.2. The van der Waals surface area contributed by atoms with Gasteiger partial charge in [-0.1, -0.05) is 27.7 Å². The lowest BCUT2D eigenvalue weighted by Gasteiger charge is -2.45. The van der Waals surface area contributed by atoms with Crippen molar-refractivity contribution in [3.63, 3.8) is 0 Å². The van der Waals surface area contributed by atoms with Crippen LogP contribution in [0, 0.1) is 59.2 Å². The zero-order valence-corrected chi connectivity index (χ0v) is 27.4. The lowest BCUT2D eigenvalue weighted by molar-refractivity contribution is -0.0676. The molecule has 0 aromatic heterocycles. The van der Waals surface area contributed by atoms with Crippen LogP contribution in [-0.2, 0) is 18.9 Å². The molecule has 7 rings (SSSR count). The maximum absolute atomic E-state index is 11.2. The Bertz CT molecular complexity index is 890. The number of hydrogen-bond acceptors (Lipinski definition) is 5. The molecule has 1 N–H and O–H groups in total. The highest BCUT2D eigenvalue weighted by atomic mass is 16.6. The minimum absolute atomic E-state index is 0.0644. The van der Waals surface area contributed by atoms with Crippen LogP contribution >= 0.6 is 0 Å². The van der Waals surface area contributed by atoms with Crippen molar-refractivity contribution < 1.29 is 24.1 Å². The van der Waals surface area contributed by atoms with Crippen molar-refractivity contribution in [1.29, 1.82) is 0 Å². The first-order valence-electron chi connectivity index (χ1n) is 17.5. The van der Waals surface area contributed by atoms with Crippen LogP contribution in [-0.4, -0.2) is 59.0 Å². The van der Waals surface area contributed by atoms with Crippen molar-refractivity contribution in [3.8, 4) is 0 Å². The fraction of sp³-hybridized carbons (Fsp3) is 1.00. The Hall–Kier alpha value is -0.200. The van der Waals surface area contributed by atoms with Gasteiger partial charge in [-0.2, -0.15) is 0 Å². The number of hydrogen-bond donors (Lipinski definition) is 1. The van der Waals surface area contributed by atoms with Crippen LogP contribution in [0.25, 0.3) is 0 Å². The maximum Gasteiger partial charge on any atom is 0.0926 e. The van der Waals surface area contributed by atoms with Gasteiger partial charge in [-0.3, -0.25) is 0 Å². The molecule has 3 saturated heterocycles. The summed E-state index contributed by atoms with van der Waals surface area (Å²) in [5.41, 5.74) is -0.321. The van der Waals surface area contributed by atoms with Crippen molar-refractivity contribution in [2.24, 2.45) is 59.2 Å². The average molecular weight is 573 g/mol. The van der Waals surface area contributed by atoms with E-state index < -0.39 is 5.60 Å². The first-order valence-corrected chi connectivity index (χ1v) is 17.5. The summed E-state index contributed by atoms with van der Waals surface area (Å²) in [6.45, 7) is 20.4. The third-order valence-electron chi connectivity index (χ3n) is 13.6. The molecule has 7 fully saturated rings. The van der Waals surface area contributed by atoms with Gasteiger partial charge in [-0.15, -0.1) is 0 Å². The molecular formula is C36H60O5. The molecule has 0 spiro atoms. The van der Waals surface area contributed by atoms with E-state index in [1.165, 1.54) is 38.5 Å². The number of epoxide rings is 3. The fourth-order valence-corrected chi connectivity index (χ4v) is 12.1. The van der Waals surface area contributed by atoms with Crippen LogP contribution in [0.2, 0.25) is 0 Å². The molecule has 7 aliphatic rings. The Kier molecular flexibility index (Phi) is 7.12. The Morgan fingerprint density at radius 2 is 0.951 bits per heavy atom. The largest absolute Gasteiger partial charge is 0.390 e. The number of aliphatic hydroxyl groups is 1. The van der Waals surface area contributed by atoms with Gasteiger partial charge in [0.1, 0.15) is 0 Å². The first kappa shape index (κ1) is 29.5. The number of fused-ring (bicyclic) bond motifs is 3. The summed E-state index contributed by atoms with van der Waals surface area (Å²) in [6.07, 6.45) is 11.7. The minimum atomic E-state index is -0.561. The van der Waals surface area contributed by atoms with E-state index in [9.17, 15) is 5.11 Å². The van der Waals surface area contributed by atoms with Crippen molar-refractivity contribution in [2.75, 3.05) is 13.2 Å². The summed E-state index contributed by atoms with van der Waals surface area (Å²) < 4.78 is 25.8. The molecule has 5 heteroatoms. The van der Waals surface area contributed by atoms with Crippen LogP contribution in [0.1, 0.15) is 113 Å². The normalized spacial score (nSPS) is 58.9. The lowest BCUT2D eigenvalue weighted by Crippen LogP contribution is -2.44. The lowest BCUT2D eigenvalue weighted by atomic mass is 9.62. The highest BCUT2D eigenvalue weighted by Crippen LogP contribution is 2.59. The number of ether oxygens (including phenoxy) is 4. The van der Waals surface area contributed by atoms with Gasteiger partial charge in [0.05, 0.1) is 40.7 Å². The predicted octanol–water partition coefficient (Wildman–Crippen LogP) is 7.03. The van der Waals surface area contributed by atoms with Crippen LogP contribution in [0.4, 0.5) is 0 Å². The van der Waals surface area contributed by atoms with Crippen molar-refractivity contribution in [3.05, 3.63) is 0 Å². The molecular weight excluding hydrogens is 512 g/mol. The van der Waals surface area contributed by atoms with E-state index in [0.29, 0.717) is 77.5 Å². The zero-order valence-electron chi connectivity index (χ0n) is 27.4. The summed E-state index contributed by atoms with van der Waals surface area (Å²) in [4.78, 5) is 0. The third kappa shape index (κ3) is 5.49. The molecule has 0 aromatic carbocycles. The van der Waals surface area contributed by atoms with E-state index >= 15 is 0 Å². The van der Waals surface area contributed by atoms with Gasteiger partial charge < -0.3 is 24.1 Å². The van der Waals surface area contributed by atoms with Crippen molar-refractivity contribution in [2.45, 2.75) is 154 Å². The van der Waals surface area contributed by atoms with Crippen LogP contribution in [0.5, 0.6) is 0 Å². The smallest absolute Gasteiger partial charge is 0.0926 e. The SMILES string of the molecule is CC1CC(C(COCC(C2CC(C)C3OC3(C)C2)C2CC(C)C3OC3(C)C2)C2CC(C)C3OC3(C)C2)CC(C)(O)C1. The summed E-state index contributed by atoms with van der Waals surface area (Å²) in [7, 11) is 0. The molecule has 41 heavy (non-hydrogen) atoms. The second-order valence-corrected chi connectivity index (χ2v) is 18.0. The van der Waals surface area contributed by atoms with Gasteiger partial charge in [0.15, 0.2) is 0 Å². The van der Waals surface area contributed by atoms with Gasteiger partial charge in [-0.05, 0) is 145 Å². The topological polar surface area (TPSA) is 67.0 Å². The van der Waals surface area contributed by atoms with Crippen LogP contribution < -0.4 is 0 Å². The molecule has 4 aliphatic carbocycles. The highest BCUT2D eigenvalue weighted by Gasteiger charge is 2.63. The molecule has 0 aromatic rings. The van der Waals surface area contributed by atoms with Crippen LogP contribution in [0.3, 0.4) is 0 Å². The molecule has 5 nitrogen and oxygen atoms in total. The van der Waals surface area contributed by atoms with E-state index in [1.54, 1.807) is 0 Å². The van der Waals surface area contributed by atoms with E-state index in [4.69, 9.17) is 18.9 Å². The fourth-order valence-electron chi connectivity index (χ4n) is 12.1. The molecule has 234 valence electrons. The first-order chi connectivity index (χ1) is 19.2. The molecule has 3 aliphatic heterocycles. The van der Waals surface area contributed by atoms with Crippen LogP contribution in [0.15, 0.2) is 0 Å². The predicted molar refractivity (Wildman–Crippen MR) is 160 cm³/mol. The standard InChI is InChI=1S/C36H60O5/c1-20-9-24(14-33(5,37)13-20)28(25-10-21(2)30-34(6,15-25)39-30)18-38-19-29(26-11-22(3)31-35(7,16-26)40-31)27-12-23(4)32-36(8,17-27)41-32/h20-32,37H,9-19H2,1-8H3. The Morgan fingerprint density at radius 1 is 0.585 bits per heavy atom. The average Bonchev–Trinajstić information content (AvgIpc) is 3.78. The summed E-state index contributed by atoms with van der Waals surface area (Å²) >= 11 is 0. The van der Waals surface area contributed by atoms with Gasteiger partial charge >= 0.3 is 0 Å². The van der Waals surface area contributed by atoms with E-state index in [2.05, 4.69) is 55.4 Å². The van der Waals surface area contributed by atoms with E-state index in [1.807, 2.05) is 0 Å². The van der Waals surface area contributed by atoms with E-state index in [0.717, 1.165) is 32.5 Å². The monoisotopic (exact) mass is 572 g/mol. The summed E-state index contributed by atoms with van der Waals surface area (Å²) in [6, 6.07) is 0. The van der Waals surface area contributed by atoms with E-state index in [-0.39, 0.29) is 16.8 Å². The van der Waals surface area contributed by atoms with Crippen molar-refractivity contribution in [1.82, 2.24) is 0 Å². The Balaban J connectivity index is 1.09. The molecule has 0 amide bonds. The zero-order chi connectivity index (χ0) is 29.1. The molecule has 4 saturated carbocycles. The minimum Gasteiger partial charge on any atom is -0.390 e. The second kappa shape index (κ2) is 9.90. The quantitative estimate of drug-likeness (QED) is 0.316. The molecule has 16 atom stereocenters. The Morgan fingerprint density at radius 3 is 1.29 bits per heavy atom. The van der Waals surface area contributed by atoms with Gasteiger partial charge in [-0.25, -0.2) is 0 Å². The number of rotatable bonds is 8. The third-order valence-corrected chi connectivity index (χ3v) is 13.6. The second-order valence-electron chi connectivity index (χ2n) is 18.0. The van der Waals surface area contributed by atoms with Gasteiger partial charge in [0.2, 0.25) is 0 Å². The molecule has 0 radical (unpaired) electrons. The van der Waals surface area contributed by atoms with Gasteiger partial charge in [0, 0.05) is 13.2 Å². The molecule has 3 heterocycles. The highest BCUT2D eigenvalue weighted by molar-refractivity contribution is 5.11. The summed E-state index contributed by atoms with van der Waals surface area (Å²) in [5.74, 6) is 5.96. The Labute approximate surface area is 250 Å².